The third kappa shape index (κ3) is 6.78. The minimum atomic E-state index is 0.508. The van der Waals surface area contributed by atoms with Gasteiger partial charge >= 0.3 is 0 Å². The van der Waals surface area contributed by atoms with Crippen molar-refractivity contribution in [3.05, 3.63) is 48.7 Å². The normalized spacial score (nSPS) is 10.7. The van der Waals surface area contributed by atoms with Crippen LogP contribution in [0.5, 0.6) is 0 Å². The summed E-state index contributed by atoms with van der Waals surface area (Å²) < 4.78 is 0. The molecule has 0 amide bonds. The first kappa shape index (κ1) is 25.8. The third-order valence-corrected chi connectivity index (χ3v) is 4.53. The topological polar surface area (TPSA) is 29.0 Å². The maximum absolute atomic E-state index is 4.60. The molecule has 0 aliphatic heterocycles. The van der Waals surface area contributed by atoms with E-state index in [9.17, 15) is 0 Å². The highest BCUT2D eigenvalue weighted by Gasteiger charge is 2.19. The van der Waals surface area contributed by atoms with Gasteiger partial charge in [-0.3, -0.25) is 0 Å². The predicted molar refractivity (Wildman–Crippen MR) is 128 cm³/mol. The number of hydrogen-bond donors (Lipinski definition) is 0. The van der Waals surface area contributed by atoms with Crippen LogP contribution in [0.4, 0.5) is 5.82 Å². The second-order valence-corrected chi connectivity index (χ2v) is 6.35. The molecule has 1 aromatic heterocycles. The molecule has 0 atom stereocenters. The first-order valence-corrected chi connectivity index (χ1v) is 10.9. The molecule has 1 heterocycles. The lowest BCUT2D eigenvalue weighted by molar-refractivity contribution is 0.524. The van der Waals surface area contributed by atoms with Gasteiger partial charge in [-0.2, -0.15) is 0 Å². The monoisotopic (exact) mass is 383 g/mol. The fraction of sp³-hybridized carbons (Fsp3) is 0.520. The van der Waals surface area contributed by atoms with Crippen LogP contribution in [-0.2, 0) is 0 Å². The highest BCUT2D eigenvalue weighted by atomic mass is 15.3. The summed E-state index contributed by atoms with van der Waals surface area (Å²) in [6.45, 7) is 18.3. The largest absolute Gasteiger partial charge is 0.355 e. The van der Waals surface area contributed by atoms with E-state index in [4.69, 9.17) is 0 Å². The van der Waals surface area contributed by atoms with E-state index in [-0.39, 0.29) is 0 Å². The minimum Gasteiger partial charge on any atom is -0.355 e. The lowest BCUT2D eigenvalue weighted by atomic mass is 10.0. The van der Waals surface area contributed by atoms with Gasteiger partial charge in [0.25, 0.3) is 0 Å². The molecule has 3 heteroatoms. The number of nitrogens with zero attached hydrogens (tertiary/aromatic N) is 3. The van der Waals surface area contributed by atoms with Crippen LogP contribution in [0.1, 0.15) is 79.8 Å². The van der Waals surface area contributed by atoms with Gasteiger partial charge in [0.2, 0.25) is 0 Å². The number of benzene rings is 1. The number of aromatic nitrogens is 2. The summed E-state index contributed by atoms with van der Waals surface area (Å²) in [5, 5.41) is 11.5. The molecule has 0 aliphatic rings. The van der Waals surface area contributed by atoms with Crippen LogP contribution in [0.25, 0.3) is 16.3 Å². The van der Waals surface area contributed by atoms with E-state index in [1.165, 1.54) is 31.1 Å². The van der Waals surface area contributed by atoms with E-state index in [2.05, 4.69) is 73.8 Å². The van der Waals surface area contributed by atoms with Crippen LogP contribution < -0.4 is 4.90 Å². The van der Waals surface area contributed by atoms with Crippen molar-refractivity contribution in [1.29, 1.82) is 0 Å². The Morgan fingerprint density at radius 2 is 1.54 bits per heavy atom. The van der Waals surface area contributed by atoms with Crippen molar-refractivity contribution < 1.29 is 0 Å². The van der Waals surface area contributed by atoms with Crippen molar-refractivity contribution in [3.63, 3.8) is 0 Å². The molecule has 156 valence electrons. The second kappa shape index (κ2) is 14.8. The molecule has 0 fully saturated rings. The molecule has 3 nitrogen and oxygen atoms in total. The molecular weight excluding hydrogens is 342 g/mol. The molecule has 0 saturated carbocycles. The summed E-state index contributed by atoms with van der Waals surface area (Å²) in [5.74, 6) is 0.979. The van der Waals surface area contributed by atoms with Crippen molar-refractivity contribution in [2.45, 2.75) is 80.2 Å². The number of anilines is 1. The van der Waals surface area contributed by atoms with Gasteiger partial charge in [0.15, 0.2) is 5.82 Å². The molecule has 2 rings (SSSR count). The molecule has 1 aromatic carbocycles. The zero-order valence-electron chi connectivity index (χ0n) is 19.4. The van der Waals surface area contributed by atoms with E-state index in [0.29, 0.717) is 6.04 Å². The molecular formula is C25H41N3. The highest BCUT2D eigenvalue weighted by Crippen LogP contribution is 2.30. The third-order valence-electron chi connectivity index (χ3n) is 4.53. The Balaban J connectivity index is 0.00000171. The van der Waals surface area contributed by atoms with Gasteiger partial charge in [-0.05, 0) is 25.3 Å². The van der Waals surface area contributed by atoms with Gasteiger partial charge in [0.05, 0.1) is 5.69 Å². The van der Waals surface area contributed by atoms with E-state index in [1.54, 1.807) is 6.08 Å². The first-order valence-electron chi connectivity index (χ1n) is 10.9. The van der Waals surface area contributed by atoms with Crippen LogP contribution in [-0.4, -0.2) is 23.3 Å². The smallest absolute Gasteiger partial charge is 0.159 e. The van der Waals surface area contributed by atoms with Gasteiger partial charge in [0.1, 0.15) is 0 Å². The summed E-state index contributed by atoms with van der Waals surface area (Å²) in [6, 6.07) is 8.93. The van der Waals surface area contributed by atoms with Gasteiger partial charge in [-0.25, -0.2) is 0 Å². The molecule has 0 bridgehead atoms. The molecule has 28 heavy (non-hydrogen) atoms. The average Bonchev–Trinajstić information content (AvgIpc) is 2.75. The fourth-order valence-corrected chi connectivity index (χ4v) is 3.27. The summed E-state index contributed by atoms with van der Waals surface area (Å²) in [4.78, 5) is 2.32. The number of fused-ring (bicyclic) bond motifs is 1. The van der Waals surface area contributed by atoms with Crippen molar-refractivity contribution in [2.75, 3.05) is 11.9 Å². The Labute approximate surface area is 173 Å². The number of allylic oxidation sites excluding steroid dienone is 3. The van der Waals surface area contributed by atoms with Crippen molar-refractivity contribution in [1.82, 2.24) is 10.2 Å². The SMILES string of the molecule is C=C/C=C(\C)c1nnc(N(C)C(CCC)CCC)c2ccccc12.CC.CC. The summed E-state index contributed by atoms with van der Waals surface area (Å²) >= 11 is 0. The molecule has 2 aromatic rings. The molecule has 0 saturated heterocycles. The standard InChI is InChI=1S/C21H29N3.2C2H6/c1-6-11-16(4)20-18-14-9-10-15-19(18)21(23-22-20)24(5)17(12-7-2)13-8-3;2*1-2/h6,9-11,14-15,17H,1,7-8,12-13H2,2-5H3;2*1-2H3/b16-11+;;. The first-order chi connectivity index (χ1) is 13.6. The summed E-state index contributed by atoms with van der Waals surface area (Å²) in [6.07, 6.45) is 8.50. The van der Waals surface area contributed by atoms with Crippen LogP contribution in [0.15, 0.2) is 43.0 Å². The Morgan fingerprint density at radius 1 is 1.00 bits per heavy atom. The Hall–Kier alpha value is -2.16. The average molecular weight is 384 g/mol. The van der Waals surface area contributed by atoms with Crippen LogP contribution in [0.2, 0.25) is 0 Å². The Kier molecular flexibility index (Phi) is 13.7. The van der Waals surface area contributed by atoms with Crippen molar-refractivity contribution in [2.24, 2.45) is 0 Å². The van der Waals surface area contributed by atoms with Crippen LogP contribution in [0.3, 0.4) is 0 Å². The van der Waals surface area contributed by atoms with Crippen LogP contribution in [0, 0.1) is 0 Å². The van der Waals surface area contributed by atoms with E-state index < -0.39 is 0 Å². The second-order valence-electron chi connectivity index (χ2n) is 6.35. The molecule has 0 aliphatic carbocycles. The van der Waals surface area contributed by atoms with Crippen LogP contribution >= 0.6 is 0 Å². The van der Waals surface area contributed by atoms with Crippen molar-refractivity contribution in [3.8, 4) is 0 Å². The zero-order chi connectivity index (χ0) is 21.5. The molecule has 0 N–H and O–H groups in total. The predicted octanol–water partition coefficient (Wildman–Crippen LogP) is 7.68. The molecule has 0 spiro atoms. The summed E-state index contributed by atoms with van der Waals surface area (Å²) in [7, 11) is 2.15. The lowest BCUT2D eigenvalue weighted by Gasteiger charge is -2.29. The lowest BCUT2D eigenvalue weighted by Crippen LogP contribution is -2.32. The maximum Gasteiger partial charge on any atom is 0.159 e. The summed E-state index contributed by atoms with van der Waals surface area (Å²) in [5.41, 5.74) is 2.02. The molecule has 0 radical (unpaired) electrons. The van der Waals surface area contributed by atoms with E-state index in [1.807, 2.05) is 33.8 Å². The highest BCUT2D eigenvalue weighted by molar-refractivity contribution is 5.98. The Morgan fingerprint density at radius 3 is 2.04 bits per heavy atom. The zero-order valence-corrected chi connectivity index (χ0v) is 19.4. The van der Waals surface area contributed by atoms with E-state index in [0.717, 1.165) is 22.5 Å². The number of hydrogen-bond acceptors (Lipinski definition) is 3. The van der Waals surface area contributed by atoms with Gasteiger partial charge in [-0.1, -0.05) is 97.4 Å². The minimum absolute atomic E-state index is 0.508. The maximum atomic E-state index is 4.60. The fourth-order valence-electron chi connectivity index (χ4n) is 3.27. The molecule has 0 unspecified atom stereocenters. The van der Waals surface area contributed by atoms with Gasteiger partial charge < -0.3 is 4.90 Å². The van der Waals surface area contributed by atoms with Crippen molar-refractivity contribution >= 4 is 22.2 Å². The quantitative estimate of drug-likeness (QED) is 0.438. The van der Waals surface area contributed by atoms with Gasteiger partial charge in [-0.15, -0.1) is 10.2 Å². The Bertz CT molecular complexity index is 713. The number of rotatable bonds is 8. The van der Waals surface area contributed by atoms with E-state index >= 15 is 0 Å². The van der Waals surface area contributed by atoms with Gasteiger partial charge in [0, 0.05) is 23.9 Å².